The summed E-state index contributed by atoms with van der Waals surface area (Å²) in [4.78, 5) is 28.7. The molecule has 3 aromatic rings. The molecule has 0 bridgehead atoms. The van der Waals surface area contributed by atoms with Gasteiger partial charge in [0, 0.05) is 61.4 Å². The number of carbonyl (C=O) groups excluding carboxylic acids is 1. The van der Waals surface area contributed by atoms with Crippen LogP contribution in [0, 0.1) is 0 Å². The molecule has 0 spiro atoms. The summed E-state index contributed by atoms with van der Waals surface area (Å²) in [5.41, 5.74) is 4.03. The highest BCUT2D eigenvalue weighted by Crippen LogP contribution is 2.38. The van der Waals surface area contributed by atoms with Crippen LogP contribution in [0.3, 0.4) is 0 Å². The number of hydrogen-bond donors (Lipinski definition) is 1. The number of benzene rings is 2. The number of carbonyl (C=O) groups is 1. The van der Waals surface area contributed by atoms with Crippen LogP contribution in [0.15, 0.2) is 48.7 Å². The van der Waals surface area contributed by atoms with Crippen molar-refractivity contribution in [2.75, 3.05) is 56.7 Å². The zero-order valence-corrected chi connectivity index (χ0v) is 23.3. The van der Waals surface area contributed by atoms with E-state index in [9.17, 15) is 4.79 Å². The average Bonchev–Trinajstić information content (AvgIpc) is 3.26. The van der Waals surface area contributed by atoms with Crippen LogP contribution >= 0.6 is 0 Å². The van der Waals surface area contributed by atoms with Gasteiger partial charge in [-0.2, -0.15) is 4.98 Å². The predicted molar refractivity (Wildman–Crippen MR) is 154 cm³/mol. The molecule has 9 heteroatoms. The molecule has 0 saturated carbocycles. The Morgan fingerprint density at radius 1 is 1.00 bits per heavy atom. The number of likely N-dealkylation sites (N-methyl/N-ethyl adjacent to an activating group) is 1. The van der Waals surface area contributed by atoms with E-state index in [0.717, 1.165) is 60.9 Å². The van der Waals surface area contributed by atoms with E-state index in [1.165, 1.54) is 0 Å². The van der Waals surface area contributed by atoms with Crippen molar-refractivity contribution >= 4 is 29.0 Å². The Morgan fingerprint density at radius 2 is 1.72 bits per heavy atom. The lowest BCUT2D eigenvalue weighted by Gasteiger charge is -2.32. The number of piperazine rings is 1. The van der Waals surface area contributed by atoms with Crippen molar-refractivity contribution in [2.45, 2.75) is 39.7 Å². The van der Waals surface area contributed by atoms with Crippen LogP contribution in [0.25, 0.3) is 0 Å². The SMILES string of the molecule is CCOc1ccc(Nc2ncc3c(n2)N(c2ccc(CC(=O)N4CCN(C)CC4)cc2)C(C)C3)cc1OCC. The molecule has 1 amide bonds. The molecule has 2 aliphatic heterocycles. The molecule has 0 aliphatic carbocycles. The third-order valence-electron chi connectivity index (χ3n) is 7.25. The van der Waals surface area contributed by atoms with Crippen LogP contribution in [-0.4, -0.2) is 78.2 Å². The molecule has 39 heavy (non-hydrogen) atoms. The minimum Gasteiger partial charge on any atom is -0.490 e. The lowest BCUT2D eigenvalue weighted by atomic mass is 10.1. The third kappa shape index (κ3) is 6.09. The Balaban J connectivity index is 1.30. The van der Waals surface area contributed by atoms with E-state index in [-0.39, 0.29) is 11.9 Å². The molecule has 1 saturated heterocycles. The number of aromatic nitrogens is 2. The smallest absolute Gasteiger partial charge is 0.229 e. The minimum absolute atomic E-state index is 0.195. The molecule has 206 valence electrons. The van der Waals surface area contributed by atoms with Crippen LogP contribution < -0.4 is 19.7 Å². The Morgan fingerprint density at radius 3 is 2.44 bits per heavy atom. The quantitative estimate of drug-likeness (QED) is 0.436. The summed E-state index contributed by atoms with van der Waals surface area (Å²) in [6.45, 7) is 10.7. The van der Waals surface area contributed by atoms with Gasteiger partial charge in [-0.15, -0.1) is 0 Å². The molecule has 0 radical (unpaired) electrons. The second kappa shape index (κ2) is 11.9. The average molecular weight is 531 g/mol. The first kappa shape index (κ1) is 26.7. The first-order chi connectivity index (χ1) is 18.9. The van der Waals surface area contributed by atoms with Gasteiger partial charge in [-0.3, -0.25) is 4.79 Å². The van der Waals surface area contributed by atoms with Gasteiger partial charge in [0.05, 0.1) is 19.6 Å². The molecule has 2 aliphatic rings. The van der Waals surface area contributed by atoms with Crippen LogP contribution in [-0.2, 0) is 17.6 Å². The Labute approximate surface area is 230 Å². The number of nitrogens with one attached hydrogen (secondary N) is 1. The van der Waals surface area contributed by atoms with Crippen LogP contribution in [0.2, 0.25) is 0 Å². The van der Waals surface area contributed by atoms with E-state index in [2.05, 4.69) is 58.3 Å². The number of anilines is 4. The molecule has 9 nitrogen and oxygen atoms in total. The number of rotatable bonds is 9. The van der Waals surface area contributed by atoms with Gasteiger partial charge in [-0.25, -0.2) is 4.98 Å². The van der Waals surface area contributed by atoms with Crippen LogP contribution in [0.5, 0.6) is 11.5 Å². The fourth-order valence-corrected chi connectivity index (χ4v) is 5.18. The van der Waals surface area contributed by atoms with Crippen molar-refractivity contribution in [1.82, 2.24) is 19.8 Å². The predicted octanol–water partition coefficient (Wildman–Crippen LogP) is 4.42. The molecule has 1 aromatic heterocycles. The normalized spacial score (nSPS) is 17.2. The number of nitrogens with zero attached hydrogens (tertiary/aromatic N) is 5. The Kier molecular flexibility index (Phi) is 8.16. The molecule has 2 aromatic carbocycles. The standard InChI is InChI=1S/C30H38N6O3/c1-5-38-26-12-9-24(19-27(26)39-6-2)32-30-31-20-23-17-21(3)36(29(23)33-30)25-10-7-22(8-11-25)18-28(37)35-15-13-34(4)14-16-35/h7-12,19-21H,5-6,13-18H2,1-4H3,(H,31,32,33). The second-order valence-corrected chi connectivity index (χ2v) is 10.1. The monoisotopic (exact) mass is 530 g/mol. The van der Waals surface area contributed by atoms with Gasteiger partial charge in [0.2, 0.25) is 11.9 Å². The summed E-state index contributed by atoms with van der Waals surface area (Å²) in [5, 5.41) is 3.32. The van der Waals surface area contributed by atoms with Crippen molar-refractivity contribution in [2.24, 2.45) is 0 Å². The van der Waals surface area contributed by atoms with Gasteiger partial charge in [0.1, 0.15) is 5.82 Å². The summed E-state index contributed by atoms with van der Waals surface area (Å²) in [5.74, 6) is 3.02. The zero-order chi connectivity index (χ0) is 27.4. The van der Waals surface area contributed by atoms with Crippen molar-refractivity contribution in [1.29, 1.82) is 0 Å². The summed E-state index contributed by atoms with van der Waals surface area (Å²) in [6, 6.07) is 14.3. The van der Waals surface area contributed by atoms with Crippen molar-refractivity contribution in [3.05, 3.63) is 59.8 Å². The van der Waals surface area contributed by atoms with Gasteiger partial charge >= 0.3 is 0 Å². The van der Waals surface area contributed by atoms with E-state index >= 15 is 0 Å². The molecule has 1 fully saturated rings. The Hall–Kier alpha value is -3.85. The summed E-state index contributed by atoms with van der Waals surface area (Å²) < 4.78 is 11.4. The van der Waals surface area contributed by atoms with Crippen molar-refractivity contribution in [3.8, 4) is 11.5 Å². The van der Waals surface area contributed by atoms with E-state index in [4.69, 9.17) is 14.5 Å². The fraction of sp³-hybridized carbons (Fsp3) is 0.433. The number of ether oxygens (including phenoxy) is 2. The molecular weight excluding hydrogens is 492 g/mol. The van der Waals surface area contributed by atoms with E-state index < -0.39 is 0 Å². The van der Waals surface area contributed by atoms with Gasteiger partial charge in [0.25, 0.3) is 0 Å². The number of amides is 1. The molecular formula is C30H38N6O3. The minimum atomic E-state index is 0.195. The van der Waals surface area contributed by atoms with Crippen molar-refractivity contribution in [3.63, 3.8) is 0 Å². The lowest BCUT2D eigenvalue weighted by molar-refractivity contribution is -0.132. The number of fused-ring (bicyclic) bond motifs is 1. The van der Waals surface area contributed by atoms with Crippen LogP contribution in [0.1, 0.15) is 31.9 Å². The molecule has 1 unspecified atom stereocenters. The third-order valence-corrected chi connectivity index (χ3v) is 7.25. The highest BCUT2D eigenvalue weighted by atomic mass is 16.5. The summed E-state index contributed by atoms with van der Waals surface area (Å²) in [6.07, 6.45) is 3.21. The largest absolute Gasteiger partial charge is 0.490 e. The maximum Gasteiger partial charge on any atom is 0.229 e. The highest BCUT2D eigenvalue weighted by Gasteiger charge is 2.30. The summed E-state index contributed by atoms with van der Waals surface area (Å²) >= 11 is 0. The maximum absolute atomic E-state index is 12.8. The van der Waals surface area contributed by atoms with Gasteiger partial charge in [-0.05, 0) is 64.1 Å². The van der Waals surface area contributed by atoms with Gasteiger partial charge in [0.15, 0.2) is 11.5 Å². The number of hydrogen-bond acceptors (Lipinski definition) is 8. The van der Waals surface area contributed by atoms with Crippen molar-refractivity contribution < 1.29 is 14.3 Å². The fourth-order valence-electron chi connectivity index (χ4n) is 5.18. The first-order valence-corrected chi connectivity index (χ1v) is 13.8. The van der Waals surface area contributed by atoms with Gasteiger partial charge < -0.3 is 29.5 Å². The zero-order valence-electron chi connectivity index (χ0n) is 23.3. The van der Waals surface area contributed by atoms with Crippen LogP contribution in [0.4, 0.5) is 23.1 Å². The van der Waals surface area contributed by atoms with E-state index in [1.807, 2.05) is 43.1 Å². The molecule has 3 heterocycles. The van der Waals surface area contributed by atoms with Gasteiger partial charge in [-0.1, -0.05) is 12.1 Å². The maximum atomic E-state index is 12.8. The Bertz CT molecular complexity index is 1290. The topological polar surface area (TPSA) is 83.1 Å². The van der Waals surface area contributed by atoms with E-state index in [1.54, 1.807) is 0 Å². The summed E-state index contributed by atoms with van der Waals surface area (Å²) in [7, 11) is 2.10. The molecule has 1 N–H and O–H groups in total. The first-order valence-electron chi connectivity index (χ1n) is 13.8. The molecule has 1 atom stereocenters. The highest BCUT2D eigenvalue weighted by molar-refractivity contribution is 5.79. The molecule has 5 rings (SSSR count). The lowest BCUT2D eigenvalue weighted by Crippen LogP contribution is -2.47. The van der Waals surface area contributed by atoms with E-state index in [0.29, 0.717) is 37.1 Å². The second-order valence-electron chi connectivity index (χ2n) is 10.1.